The maximum Gasteiger partial charge on any atom is 0.376 e. The molecule has 0 radical (unpaired) electrons. The molecule has 0 aromatic heterocycles. The first-order valence-corrected chi connectivity index (χ1v) is 7.64. The first kappa shape index (κ1) is 16.1. The summed E-state index contributed by atoms with van der Waals surface area (Å²) < 4.78 is 37.7. The second-order valence-electron chi connectivity index (χ2n) is 4.31. The third-order valence-electron chi connectivity index (χ3n) is 2.45. The van der Waals surface area contributed by atoms with E-state index in [0.717, 1.165) is 12.1 Å². The lowest BCUT2D eigenvalue weighted by Crippen LogP contribution is -2.24. The smallest absolute Gasteiger partial charge is 0.294 e. The van der Waals surface area contributed by atoms with E-state index < -0.39 is 20.7 Å². The van der Waals surface area contributed by atoms with E-state index in [-0.39, 0.29) is 28.8 Å². The highest BCUT2D eigenvalue weighted by Crippen LogP contribution is 2.26. The molecule has 1 rings (SSSR count). The van der Waals surface area contributed by atoms with Crippen LogP contribution in [0.5, 0.6) is 0 Å². The van der Waals surface area contributed by atoms with Crippen LogP contribution in [0.25, 0.3) is 0 Å². The summed E-state index contributed by atoms with van der Waals surface area (Å²) in [7, 11) is -3.73. The SMILES string of the molecule is CCNS(=O)(=[OH+])c1cc(C(=O)C(C)C)c(Cl)cc1F. The van der Waals surface area contributed by atoms with Gasteiger partial charge in [0.2, 0.25) is 0 Å². The van der Waals surface area contributed by atoms with E-state index >= 15 is 0 Å². The van der Waals surface area contributed by atoms with Crippen molar-refractivity contribution in [2.45, 2.75) is 25.7 Å². The second kappa shape index (κ2) is 5.98. The van der Waals surface area contributed by atoms with Crippen molar-refractivity contribution in [2.24, 2.45) is 5.92 Å². The van der Waals surface area contributed by atoms with E-state index in [9.17, 15) is 17.6 Å². The highest BCUT2D eigenvalue weighted by atomic mass is 35.5. The van der Waals surface area contributed by atoms with Gasteiger partial charge in [0.1, 0.15) is 5.82 Å². The zero-order valence-electron chi connectivity index (χ0n) is 10.9. The number of hydrogen-bond acceptors (Lipinski definition) is 2. The van der Waals surface area contributed by atoms with Gasteiger partial charge in [0.25, 0.3) is 0 Å². The van der Waals surface area contributed by atoms with Crippen molar-refractivity contribution in [3.05, 3.63) is 28.5 Å². The van der Waals surface area contributed by atoms with Crippen LogP contribution >= 0.6 is 11.6 Å². The van der Waals surface area contributed by atoms with Gasteiger partial charge >= 0.3 is 10.0 Å². The van der Waals surface area contributed by atoms with E-state index in [2.05, 4.69) is 4.72 Å². The summed E-state index contributed by atoms with van der Waals surface area (Å²) in [6.07, 6.45) is 0. The predicted octanol–water partition coefficient (Wildman–Crippen LogP) is 2.77. The summed E-state index contributed by atoms with van der Waals surface area (Å²) in [5.74, 6) is -1.57. The number of carbonyl (C=O) groups excluding carboxylic acids is 1. The first-order chi connectivity index (χ1) is 8.70. The van der Waals surface area contributed by atoms with E-state index in [1.54, 1.807) is 20.8 Å². The molecule has 0 aliphatic heterocycles. The average Bonchev–Trinajstić information content (AvgIpc) is 2.27. The molecule has 0 fully saturated rings. The van der Waals surface area contributed by atoms with Crippen molar-refractivity contribution >= 4 is 27.4 Å². The van der Waals surface area contributed by atoms with E-state index in [1.165, 1.54) is 0 Å². The highest BCUT2D eigenvalue weighted by molar-refractivity contribution is 7.89. The molecular formula is C12H16ClFNO3S+. The van der Waals surface area contributed by atoms with Crippen LogP contribution in [0.1, 0.15) is 31.1 Å². The molecule has 0 saturated carbocycles. The van der Waals surface area contributed by atoms with Gasteiger partial charge in [0, 0.05) is 18.0 Å². The van der Waals surface area contributed by atoms with Gasteiger partial charge in [0.15, 0.2) is 10.7 Å². The van der Waals surface area contributed by atoms with Crippen molar-refractivity contribution in [1.82, 2.24) is 4.72 Å². The normalized spacial score (nSPS) is 14.4. The molecule has 106 valence electrons. The Labute approximate surface area is 117 Å². The number of nitrogens with one attached hydrogen (secondary N) is 1. The van der Waals surface area contributed by atoms with Crippen LogP contribution in [0, 0.1) is 11.7 Å². The van der Waals surface area contributed by atoms with Crippen molar-refractivity contribution < 1.29 is 17.6 Å². The predicted molar refractivity (Wildman–Crippen MR) is 72.6 cm³/mol. The largest absolute Gasteiger partial charge is 0.376 e. The van der Waals surface area contributed by atoms with Crippen LogP contribution in [0.2, 0.25) is 5.02 Å². The van der Waals surface area contributed by atoms with Gasteiger partial charge in [-0.05, 0) is 12.1 Å². The molecule has 1 unspecified atom stereocenters. The molecule has 1 aromatic carbocycles. The fourth-order valence-electron chi connectivity index (χ4n) is 1.51. The van der Waals surface area contributed by atoms with Gasteiger partial charge in [0.05, 0.1) is 5.02 Å². The molecule has 2 N–H and O–H groups in total. The van der Waals surface area contributed by atoms with Gasteiger partial charge < -0.3 is 0 Å². The molecule has 4 nitrogen and oxygen atoms in total. The summed E-state index contributed by atoms with van der Waals surface area (Å²) in [4.78, 5) is 11.5. The maximum atomic E-state index is 13.7. The Morgan fingerprint density at radius 1 is 1.53 bits per heavy atom. The number of carbonyl (C=O) groups is 1. The molecular weight excluding hydrogens is 293 g/mol. The molecule has 0 aliphatic carbocycles. The third kappa shape index (κ3) is 3.52. The minimum Gasteiger partial charge on any atom is -0.294 e. The Morgan fingerprint density at radius 2 is 2.11 bits per heavy atom. The van der Waals surface area contributed by atoms with Crippen LogP contribution in [-0.4, -0.2) is 20.7 Å². The molecule has 0 saturated heterocycles. The summed E-state index contributed by atoms with van der Waals surface area (Å²) in [5, 5.41) is -0.0633. The van der Waals surface area contributed by atoms with Crippen LogP contribution < -0.4 is 4.72 Å². The Morgan fingerprint density at radius 3 is 2.58 bits per heavy atom. The third-order valence-corrected chi connectivity index (χ3v) is 4.35. The van der Waals surface area contributed by atoms with Crippen LogP contribution in [0.15, 0.2) is 17.0 Å². The molecule has 0 spiro atoms. The molecule has 7 heteroatoms. The number of Topliss-reactive ketones (excluding diaryl/α,β-unsaturated/α-hetero) is 1. The number of halogens is 2. The molecule has 1 aromatic rings. The number of hydrogen-bond donors (Lipinski definition) is 1. The molecule has 0 amide bonds. The van der Waals surface area contributed by atoms with E-state index in [4.69, 9.17) is 11.6 Å². The number of rotatable bonds is 5. The Balaban J connectivity index is 3.44. The zero-order valence-corrected chi connectivity index (χ0v) is 12.4. The summed E-state index contributed by atoms with van der Waals surface area (Å²) >= 11 is 5.81. The van der Waals surface area contributed by atoms with Crippen molar-refractivity contribution in [2.75, 3.05) is 6.54 Å². The van der Waals surface area contributed by atoms with Gasteiger partial charge in [-0.1, -0.05) is 32.4 Å². The summed E-state index contributed by atoms with van der Waals surface area (Å²) in [6, 6.07) is 1.94. The van der Waals surface area contributed by atoms with Crippen molar-refractivity contribution in [1.29, 1.82) is 0 Å². The Hall–Kier alpha value is -0.980. The second-order valence-corrected chi connectivity index (χ2v) is 6.49. The minimum atomic E-state index is -3.73. The van der Waals surface area contributed by atoms with Crippen molar-refractivity contribution in [3.63, 3.8) is 0 Å². The van der Waals surface area contributed by atoms with Crippen LogP contribution in [0.3, 0.4) is 0 Å². The average molecular weight is 309 g/mol. The van der Waals surface area contributed by atoms with Gasteiger partial charge in [-0.3, -0.25) is 4.79 Å². The molecule has 0 bridgehead atoms. The minimum absolute atomic E-state index is 0.0488. The Bertz CT molecular complexity index is 599. The lowest BCUT2D eigenvalue weighted by Gasteiger charge is -2.09. The first-order valence-electron chi connectivity index (χ1n) is 5.75. The zero-order chi connectivity index (χ0) is 14.8. The molecule has 0 heterocycles. The van der Waals surface area contributed by atoms with Gasteiger partial charge in [-0.25, -0.2) is 8.60 Å². The lowest BCUT2D eigenvalue weighted by molar-refractivity contribution is 0.0939. The van der Waals surface area contributed by atoms with Gasteiger partial charge in [-0.2, -0.15) is 8.93 Å². The molecule has 19 heavy (non-hydrogen) atoms. The fourth-order valence-corrected chi connectivity index (χ4v) is 2.91. The fraction of sp³-hybridized carbons (Fsp3) is 0.417. The maximum absolute atomic E-state index is 13.7. The summed E-state index contributed by atoms with van der Waals surface area (Å²) in [5.41, 5.74) is 0.0488. The quantitative estimate of drug-likeness (QED) is 0.671. The number of benzene rings is 1. The van der Waals surface area contributed by atoms with Crippen molar-refractivity contribution in [3.8, 4) is 0 Å². The Kier molecular flexibility index (Phi) is 5.06. The topological polar surface area (TPSA) is 67.6 Å². The van der Waals surface area contributed by atoms with E-state index in [1.807, 2.05) is 0 Å². The van der Waals surface area contributed by atoms with Gasteiger partial charge in [-0.15, -0.1) is 0 Å². The van der Waals surface area contributed by atoms with E-state index in [0.29, 0.717) is 0 Å². The molecule has 0 aliphatic rings. The lowest BCUT2D eigenvalue weighted by atomic mass is 10.0. The summed E-state index contributed by atoms with van der Waals surface area (Å²) in [6.45, 7) is 5.14. The molecule has 1 atom stereocenters. The highest BCUT2D eigenvalue weighted by Gasteiger charge is 2.27. The van der Waals surface area contributed by atoms with Crippen LogP contribution in [0.4, 0.5) is 4.39 Å². The standard InChI is InChI=1S/C12H15ClFNO3S/c1-4-15-19(17,18)11-5-8(12(16)7(2)3)9(13)6-10(11)14/h5-7H,4H2,1-3H3,(H,15,17,18)/p+1. The monoisotopic (exact) mass is 308 g/mol. The number of ketones is 1. The van der Waals surface area contributed by atoms with Crippen LogP contribution in [-0.2, 0) is 10.0 Å².